The lowest BCUT2D eigenvalue weighted by atomic mass is 9.69. The fraction of sp³-hybridized carbons (Fsp3) is 0.786. The van der Waals surface area contributed by atoms with E-state index in [0.717, 1.165) is 12.8 Å². The van der Waals surface area contributed by atoms with Gasteiger partial charge in [0.1, 0.15) is 5.54 Å². The van der Waals surface area contributed by atoms with Crippen LogP contribution in [0.25, 0.3) is 0 Å². The molecule has 0 amide bonds. The second-order valence-corrected chi connectivity index (χ2v) is 5.15. The molecular formula is C14H25NO2. The van der Waals surface area contributed by atoms with Crippen molar-refractivity contribution in [1.82, 2.24) is 5.32 Å². The molecule has 1 rings (SSSR count). The molecule has 0 heterocycles. The Labute approximate surface area is 105 Å². The Hall–Kier alpha value is -0.830. The summed E-state index contributed by atoms with van der Waals surface area (Å²) in [7, 11) is 0. The fourth-order valence-corrected chi connectivity index (χ4v) is 2.75. The Morgan fingerprint density at radius 3 is 2.82 bits per heavy atom. The largest absolute Gasteiger partial charge is 0.465 e. The third-order valence-corrected chi connectivity index (χ3v) is 3.81. The number of rotatable bonds is 5. The monoisotopic (exact) mass is 239 g/mol. The summed E-state index contributed by atoms with van der Waals surface area (Å²) in [6, 6.07) is 0. The van der Waals surface area contributed by atoms with Crippen molar-refractivity contribution in [1.29, 1.82) is 0 Å². The van der Waals surface area contributed by atoms with E-state index < -0.39 is 5.54 Å². The summed E-state index contributed by atoms with van der Waals surface area (Å²) in [6.07, 6.45) is 4.93. The zero-order valence-electron chi connectivity index (χ0n) is 11.3. The van der Waals surface area contributed by atoms with Gasteiger partial charge >= 0.3 is 5.97 Å². The summed E-state index contributed by atoms with van der Waals surface area (Å²) in [5.74, 6) is 0.784. The Bertz CT molecular complexity index is 277. The van der Waals surface area contributed by atoms with E-state index >= 15 is 0 Å². The van der Waals surface area contributed by atoms with E-state index in [9.17, 15) is 4.79 Å². The molecule has 0 saturated heterocycles. The van der Waals surface area contributed by atoms with Crippen LogP contribution in [0.5, 0.6) is 0 Å². The van der Waals surface area contributed by atoms with Crippen LogP contribution in [-0.4, -0.2) is 24.7 Å². The number of ether oxygens (including phenoxy) is 1. The van der Waals surface area contributed by atoms with E-state index in [1.165, 1.54) is 6.42 Å². The van der Waals surface area contributed by atoms with Gasteiger partial charge in [0.2, 0.25) is 0 Å². The Morgan fingerprint density at radius 2 is 2.24 bits per heavy atom. The smallest absolute Gasteiger partial charge is 0.326 e. The lowest BCUT2D eigenvalue weighted by Gasteiger charge is -2.43. The molecule has 1 aliphatic rings. The Kier molecular flexibility index (Phi) is 5.19. The summed E-state index contributed by atoms with van der Waals surface area (Å²) < 4.78 is 5.26. The van der Waals surface area contributed by atoms with Crippen molar-refractivity contribution in [2.75, 3.05) is 13.2 Å². The van der Waals surface area contributed by atoms with Crippen molar-refractivity contribution in [2.45, 2.75) is 45.6 Å². The van der Waals surface area contributed by atoms with Crippen LogP contribution >= 0.6 is 0 Å². The van der Waals surface area contributed by atoms with E-state index in [0.29, 0.717) is 25.0 Å². The molecule has 3 heteroatoms. The molecule has 0 aromatic rings. The van der Waals surface area contributed by atoms with Crippen LogP contribution in [0.2, 0.25) is 0 Å². The third-order valence-electron chi connectivity index (χ3n) is 3.81. The third kappa shape index (κ3) is 3.09. The van der Waals surface area contributed by atoms with E-state index in [1.54, 1.807) is 6.08 Å². The number of hydrogen-bond donors (Lipinski definition) is 1. The van der Waals surface area contributed by atoms with Gasteiger partial charge in [0, 0.05) is 6.54 Å². The van der Waals surface area contributed by atoms with Crippen LogP contribution < -0.4 is 5.32 Å². The first-order valence-electron chi connectivity index (χ1n) is 6.60. The zero-order chi connectivity index (χ0) is 12.9. The molecular weight excluding hydrogens is 214 g/mol. The highest BCUT2D eigenvalue weighted by molar-refractivity contribution is 5.81. The first-order valence-corrected chi connectivity index (χ1v) is 6.60. The van der Waals surface area contributed by atoms with E-state index in [-0.39, 0.29) is 5.97 Å². The molecule has 0 aromatic heterocycles. The molecule has 98 valence electrons. The lowest BCUT2D eigenvalue weighted by molar-refractivity contribution is -0.156. The van der Waals surface area contributed by atoms with Crippen LogP contribution in [0.4, 0.5) is 0 Å². The molecule has 17 heavy (non-hydrogen) atoms. The van der Waals surface area contributed by atoms with Crippen LogP contribution in [0.3, 0.4) is 0 Å². The quantitative estimate of drug-likeness (QED) is 0.592. The normalized spacial score (nSPS) is 33.1. The SMILES string of the molecule is C=CCNC1(C(=O)OCC)CC(C)CCC1C. The molecule has 3 atom stereocenters. The molecule has 1 aliphatic carbocycles. The molecule has 0 spiro atoms. The van der Waals surface area contributed by atoms with Gasteiger partial charge in [0.25, 0.3) is 0 Å². The molecule has 1 saturated carbocycles. The van der Waals surface area contributed by atoms with Gasteiger partial charge in [0.15, 0.2) is 0 Å². The standard InChI is InChI=1S/C14H25NO2/c1-5-9-15-14(13(16)17-6-2)10-11(3)7-8-12(14)4/h5,11-12,15H,1,6-10H2,2-4H3. The minimum Gasteiger partial charge on any atom is -0.465 e. The summed E-state index contributed by atoms with van der Waals surface area (Å²) in [4.78, 5) is 12.3. The van der Waals surface area contributed by atoms with Gasteiger partial charge in [-0.05, 0) is 31.6 Å². The molecule has 3 nitrogen and oxygen atoms in total. The molecule has 1 N–H and O–H groups in total. The minimum absolute atomic E-state index is 0.0964. The van der Waals surface area contributed by atoms with E-state index in [4.69, 9.17) is 4.74 Å². The van der Waals surface area contributed by atoms with Gasteiger partial charge in [-0.2, -0.15) is 0 Å². The van der Waals surface area contributed by atoms with Crippen molar-refractivity contribution in [2.24, 2.45) is 11.8 Å². The minimum atomic E-state index is -0.512. The molecule has 0 bridgehead atoms. The number of hydrogen-bond acceptors (Lipinski definition) is 3. The predicted molar refractivity (Wildman–Crippen MR) is 69.7 cm³/mol. The highest BCUT2D eigenvalue weighted by Crippen LogP contribution is 2.37. The maximum Gasteiger partial charge on any atom is 0.326 e. The zero-order valence-corrected chi connectivity index (χ0v) is 11.3. The molecule has 0 aromatic carbocycles. The summed E-state index contributed by atoms with van der Waals surface area (Å²) >= 11 is 0. The summed E-state index contributed by atoms with van der Waals surface area (Å²) in [6.45, 7) is 11.0. The van der Waals surface area contributed by atoms with Crippen molar-refractivity contribution in [3.05, 3.63) is 12.7 Å². The van der Waals surface area contributed by atoms with Crippen LogP contribution in [0.15, 0.2) is 12.7 Å². The Balaban J connectivity index is 2.89. The Morgan fingerprint density at radius 1 is 1.53 bits per heavy atom. The predicted octanol–water partition coefficient (Wildman–Crippen LogP) is 2.52. The highest BCUT2D eigenvalue weighted by Gasteiger charge is 2.47. The van der Waals surface area contributed by atoms with Crippen molar-refractivity contribution in [3.8, 4) is 0 Å². The maximum absolute atomic E-state index is 12.3. The number of nitrogens with one attached hydrogen (secondary N) is 1. The van der Waals surface area contributed by atoms with Crippen molar-refractivity contribution in [3.63, 3.8) is 0 Å². The van der Waals surface area contributed by atoms with Gasteiger partial charge in [0.05, 0.1) is 6.61 Å². The first kappa shape index (κ1) is 14.2. The molecule has 0 aliphatic heterocycles. The maximum atomic E-state index is 12.3. The van der Waals surface area contributed by atoms with Crippen LogP contribution in [0.1, 0.15) is 40.0 Å². The molecule has 1 fully saturated rings. The number of esters is 1. The molecule has 0 radical (unpaired) electrons. The number of carbonyl (C=O) groups is 1. The van der Waals surface area contributed by atoms with Crippen LogP contribution in [0, 0.1) is 11.8 Å². The summed E-state index contributed by atoms with van der Waals surface area (Å²) in [5.41, 5.74) is -0.512. The average Bonchev–Trinajstić information content (AvgIpc) is 2.30. The van der Waals surface area contributed by atoms with E-state index in [1.807, 2.05) is 6.92 Å². The summed E-state index contributed by atoms with van der Waals surface area (Å²) in [5, 5.41) is 3.36. The van der Waals surface area contributed by atoms with Gasteiger partial charge in [-0.3, -0.25) is 10.1 Å². The van der Waals surface area contributed by atoms with Gasteiger partial charge < -0.3 is 4.74 Å². The second kappa shape index (κ2) is 6.20. The highest BCUT2D eigenvalue weighted by atomic mass is 16.5. The van der Waals surface area contributed by atoms with Gasteiger partial charge in [-0.25, -0.2) is 0 Å². The second-order valence-electron chi connectivity index (χ2n) is 5.15. The fourth-order valence-electron chi connectivity index (χ4n) is 2.75. The molecule has 3 unspecified atom stereocenters. The van der Waals surface area contributed by atoms with Crippen LogP contribution in [-0.2, 0) is 9.53 Å². The van der Waals surface area contributed by atoms with E-state index in [2.05, 4.69) is 25.7 Å². The van der Waals surface area contributed by atoms with Gasteiger partial charge in [-0.1, -0.05) is 26.3 Å². The topological polar surface area (TPSA) is 38.3 Å². The van der Waals surface area contributed by atoms with Crippen molar-refractivity contribution < 1.29 is 9.53 Å². The van der Waals surface area contributed by atoms with Crippen molar-refractivity contribution >= 4 is 5.97 Å². The van der Waals surface area contributed by atoms with Gasteiger partial charge in [-0.15, -0.1) is 6.58 Å². The average molecular weight is 239 g/mol. The lowest BCUT2D eigenvalue weighted by Crippen LogP contribution is -2.60. The number of carbonyl (C=O) groups excluding carboxylic acids is 1. The first-order chi connectivity index (χ1) is 8.06.